The van der Waals surface area contributed by atoms with Crippen LogP contribution in [-0.2, 0) is 19.4 Å². The highest BCUT2D eigenvalue weighted by molar-refractivity contribution is 7.18. The van der Waals surface area contributed by atoms with Crippen LogP contribution >= 0.6 is 11.3 Å². The van der Waals surface area contributed by atoms with Gasteiger partial charge in [0.05, 0.1) is 18.5 Å². The summed E-state index contributed by atoms with van der Waals surface area (Å²) in [6, 6.07) is 0. The number of nitrogens with one attached hydrogen (secondary N) is 2. The maximum Gasteiger partial charge on any atom is 0.260 e. The molecule has 3 heterocycles. The van der Waals surface area contributed by atoms with Crippen LogP contribution in [0.25, 0.3) is 10.2 Å². The van der Waals surface area contributed by atoms with E-state index in [4.69, 9.17) is 4.98 Å². The molecule has 0 amide bonds. The average molecular weight is 332 g/mol. The summed E-state index contributed by atoms with van der Waals surface area (Å²) in [5.74, 6) is 2.45. The number of hydrogen-bond donors (Lipinski definition) is 2. The van der Waals surface area contributed by atoms with Crippen LogP contribution in [0.5, 0.6) is 0 Å². The number of likely N-dealkylation sites (tertiary alicyclic amines) is 1. The minimum Gasteiger partial charge on any atom is -0.329 e. The molecule has 0 saturated carbocycles. The summed E-state index contributed by atoms with van der Waals surface area (Å²) in [5, 5.41) is 0.878. The predicted molar refractivity (Wildman–Crippen MR) is 94.2 cm³/mol. The van der Waals surface area contributed by atoms with Gasteiger partial charge in [-0.1, -0.05) is 13.8 Å². The highest BCUT2D eigenvalue weighted by Gasteiger charge is 2.24. The molecule has 1 aliphatic carbocycles. The highest BCUT2D eigenvalue weighted by Crippen LogP contribution is 2.35. The fourth-order valence-electron chi connectivity index (χ4n) is 4.06. The zero-order valence-corrected chi connectivity index (χ0v) is 14.9. The Morgan fingerprint density at radius 1 is 1.22 bits per heavy atom. The summed E-state index contributed by atoms with van der Waals surface area (Å²) in [4.78, 5) is 24.4. The van der Waals surface area contributed by atoms with E-state index in [9.17, 15) is 4.79 Å². The lowest BCUT2D eigenvalue weighted by Crippen LogP contribution is -3.11. The van der Waals surface area contributed by atoms with Crippen LogP contribution < -0.4 is 10.5 Å². The maximum absolute atomic E-state index is 12.6. The van der Waals surface area contributed by atoms with Gasteiger partial charge in [-0.2, -0.15) is 0 Å². The van der Waals surface area contributed by atoms with Crippen LogP contribution in [-0.4, -0.2) is 23.1 Å². The van der Waals surface area contributed by atoms with Crippen molar-refractivity contribution >= 4 is 21.6 Å². The Morgan fingerprint density at radius 3 is 2.78 bits per heavy atom. The molecule has 2 aromatic heterocycles. The lowest BCUT2D eigenvalue weighted by atomic mass is 9.89. The van der Waals surface area contributed by atoms with Crippen molar-refractivity contribution in [2.24, 2.45) is 11.8 Å². The number of rotatable bonds is 2. The van der Waals surface area contributed by atoms with Gasteiger partial charge in [0, 0.05) is 4.88 Å². The third kappa shape index (κ3) is 2.96. The van der Waals surface area contributed by atoms with Gasteiger partial charge in [-0.15, -0.1) is 11.3 Å². The van der Waals surface area contributed by atoms with E-state index in [0.717, 1.165) is 47.3 Å². The molecule has 124 valence electrons. The number of fused-ring (bicyclic) bond motifs is 3. The Bertz CT molecular complexity index is 770. The second-order valence-corrected chi connectivity index (χ2v) is 8.74. The molecule has 2 aliphatic rings. The molecule has 1 fully saturated rings. The molecular formula is C18H26N3OS+. The van der Waals surface area contributed by atoms with Gasteiger partial charge in [0.2, 0.25) is 0 Å². The van der Waals surface area contributed by atoms with E-state index in [0.29, 0.717) is 0 Å². The van der Waals surface area contributed by atoms with Gasteiger partial charge in [0.1, 0.15) is 11.4 Å². The van der Waals surface area contributed by atoms with Crippen molar-refractivity contribution < 1.29 is 4.90 Å². The molecule has 23 heavy (non-hydrogen) atoms. The largest absolute Gasteiger partial charge is 0.329 e. The van der Waals surface area contributed by atoms with E-state index in [2.05, 4.69) is 18.8 Å². The molecule has 1 aliphatic heterocycles. The Labute approximate surface area is 140 Å². The van der Waals surface area contributed by atoms with E-state index in [1.807, 2.05) is 0 Å². The van der Waals surface area contributed by atoms with Crippen molar-refractivity contribution in [2.75, 3.05) is 13.1 Å². The maximum atomic E-state index is 12.6. The molecule has 0 spiro atoms. The number of aromatic amines is 1. The first-order valence-electron chi connectivity index (χ1n) is 8.97. The fraction of sp³-hybridized carbons (Fsp3) is 0.667. The van der Waals surface area contributed by atoms with Gasteiger partial charge >= 0.3 is 0 Å². The van der Waals surface area contributed by atoms with E-state index in [-0.39, 0.29) is 5.56 Å². The quantitative estimate of drug-likeness (QED) is 0.883. The van der Waals surface area contributed by atoms with Crippen LogP contribution in [0, 0.1) is 11.8 Å². The van der Waals surface area contributed by atoms with Gasteiger partial charge in [-0.05, 0) is 49.5 Å². The second-order valence-electron chi connectivity index (χ2n) is 7.65. The SMILES string of the molecule is CC1CC[NH+](Cc2nc3sc4c(c3c(=O)[nH]2)CC[C@H](C)C4)CC1. The number of aryl methyl sites for hydroxylation is 1. The summed E-state index contributed by atoms with van der Waals surface area (Å²) in [5.41, 5.74) is 1.37. The molecule has 0 radical (unpaired) electrons. The van der Waals surface area contributed by atoms with E-state index < -0.39 is 0 Å². The van der Waals surface area contributed by atoms with Crippen molar-refractivity contribution in [1.82, 2.24) is 9.97 Å². The fourth-order valence-corrected chi connectivity index (χ4v) is 5.46. The van der Waals surface area contributed by atoms with E-state index >= 15 is 0 Å². The van der Waals surface area contributed by atoms with Crippen molar-refractivity contribution in [2.45, 2.75) is 52.5 Å². The number of H-pyrrole nitrogens is 1. The molecule has 4 rings (SSSR count). The van der Waals surface area contributed by atoms with Gasteiger partial charge in [0.25, 0.3) is 5.56 Å². The molecule has 0 aromatic carbocycles. The molecule has 2 N–H and O–H groups in total. The molecule has 1 atom stereocenters. The Hall–Kier alpha value is -1.20. The Morgan fingerprint density at radius 2 is 2.00 bits per heavy atom. The van der Waals surface area contributed by atoms with Gasteiger partial charge in [0.15, 0.2) is 5.82 Å². The first-order valence-corrected chi connectivity index (χ1v) is 9.79. The summed E-state index contributed by atoms with van der Waals surface area (Å²) >= 11 is 1.75. The van der Waals surface area contributed by atoms with Crippen molar-refractivity contribution in [3.05, 3.63) is 26.6 Å². The number of nitrogens with zero attached hydrogens (tertiary/aromatic N) is 1. The summed E-state index contributed by atoms with van der Waals surface area (Å²) in [6.45, 7) is 7.89. The number of thiophene rings is 1. The monoisotopic (exact) mass is 332 g/mol. The van der Waals surface area contributed by atoms with Crippen molar-refractivity contribution in [3.63, 3.8) is 0 Å². The van der Waals surface area contributed by atoms with Crippen LogP contribution in [0.4, 0.5) is 0 Å². The van der Waals surface area contributed by atoms with Gasteiger partial charge in [-0.25, -0.2) is 4.98 Å². The summed E-state index contributed by atoms with van der Waals surface area (Å²) < 4.78 is 0. The van der Waals surface area contributed by atoms with E-state index in [1.165, 1.54) is 42.8 Å². The summed E-state index contributed by atoms with van der Waals surface area (Å²) in [6.07, 6.45) is 5.91. The molecule has 1 saturated heterocycles. The minimum absolute atomic E-state index is 0.0850. The van der Waals surface area contributed by atoms with E-state index in [1.54, 1.807) is 16.2 Å². The molecule has 4 nitrogen and oxygen atoms in total. The normalized spacial score (nSPS) is 28.0. The Balaban J connectivity index is 1.64. The molecule has 0 unspecified atom stereocenters. The van der Waals surface area contributed by atoms with Crippen molar-refractivity contribution in [3.8, 4) is 0 Å². The first kappa shape index (κ1) is 15.3. The summed E-state index contributed by atoms with van der Waals surface area (Å²) in [7, 11) is 0. The number of piperidine rings is 1. The lowest BCUT2D eigenvalue weighted by Gasteiger charge is -2.26. The van der Waals surface area contributed by atoms with Crippen LogP contribution in [0.2, 0.25) is 0 Å². The Kier molecular flexibility index (Phi) is 4.01. The van der Waals surface area contributed by atoms with Gasteiger partial charge < -0.3 is 9.88 Å². The second kappa shape index (κ2) is 6.02. The topological polar surface area (TPSA) is 50.2 Å². The third-order valence-corrected chi connectivity index (χ3v) is 6.76. The molecule has 2 aromatic rings. The smallest absolute Gasteiger partial charge is 0.260 e. The van der Waals surface area contributed by atoms with Gasteiger partial charge in [-0.3, -0.25) is 4.79 Å². The highest BCUT2D eigenvalue weighted by atomic mass is 32.1. The number of quaternary nitrogens is 1. The average Bonchev–Trinajstić information content (AvgIpc) is 2.87. The van der Waals surface area contributed by atoms with Crippen LogP contribution in [0.1, 0.15) is 49.4 Å². The minimum atomic E-state index is 0.0850. The first-order chi connectivity index (χ1) is 11.1. The standard InChI is InChI=1S/C18H25N3OS/c1-11-5-7-21(8-6-11)10-15-19-17(22)16-13-4-3-12(2)9-14(13)23-18(16)20-15/h11-12H,3-10H2,1-2H3,(H,19,20,22)/p+1/t12-/m0/s1. The molecule has 0 bridgehead atoms. The van der Waals surface area contributed by atoms with Crippen LogP contribution in [0.3, 0.4) is 0 Å². The molecule has 5 heteroatoms. The predicted octanol–water partition coefficient (Wildman–Crippen LogP) is 1.92. The number of hydrogen-bond acceptors (Lipinski definition) is 3. The number of aromatic nitrogens is 2. The third-order valence-electron chi connectivity index (χ3n) is 5.61. The zero-order chi connectivity index (χ0) is 16.0. The zero-order valence-electron chi connectivity index (χ0n) is 14.1. The lowest BCUT2D eigenvalue weighted by molar-refractivity contribution is -0.920. The molecular weight excluding hydrogens is 306 g/mol. The van der Waals surface area contributed by atoms with Crippen LogP contribution in [0.15, 0.2) is 4.79 Å². The van der Waals surface area contributed by atoms with Crippen molar-refractivity contribution in [1.29, 1.82) is 0 Å².